The van der Waals surface area contributed by atoms with Crippen LogP contribution < -0.4 is 5.32 Å². The Bertz CT molecular complexity index is 560. The zero-order chi connectivity index (χ0) is 19.2. The molecule has 2 unspecified atom stereocenters. The van der Waals surface area contributed by atoms with Crippen LogP contribution in [0, 0.1) is 5.92 Å². The van der Waals surface area contributed by atoms with Crippen molar-refractivity contribution in [2.24, 2.45) is 5.92 Å². The molecule has 1 saturated heterocycles. The van der Waals surface area contributed by atoms with Crippen LogP contribution >= 0.6 is 0 Å². The van der Waals surface area contributed by atoms with Crippen LogP contribution in [0.5, 0.6) is 0 Å². The highest BCUT2D eigenvalue weighted by Gasteiger charge is 2.57. The third-order valence-electron chi connectivity index (χ3n) is 4.23. The van der Waals surface area contributed by atoms with E-state index in [1.165, 1.54) is 4.90 Å². The normalized spacial score (nSPS) is 28.6. The van der Waals surface area contributed by atoms with Gasteiger partial charge in [0.15, 0.2) is 0 Å². The molecule has 8 nitrogen and oxygen atoms in total. The Labute approximate surface area is 147 Å². The van der Waals surface area contributed by atoms with Gasteiger partial charge in [-0.2, -0.15) is 0 Å². The number of carboxylic acid groups (broad SMARTS) is 1. The second-order valence-corrected chi connectivity index (χ2v) is 8.72. The summed E-state index contributed by atoms with van der Waals surface area (Å²) < 4.78 is 10.6. The topological polar surface area (TPSA) is 105 Å². The van der Waals surface area contributed by atoms with Gasteiger partial charge in [0.05, 0.1) is 12.1 Å². The van der Waals surface area contributed by atoms with Gasteiger partial charge in [0.2, 0.25) is 0 Å². The Hall–Kier alpha value is -1.99. The van der Waals surface area contributed by atoms with E-state index < -0.39 is 41.4 Å². The van der Waals surface area contributed by atoms with Crippen molar-refractivity contribution in [3.8, 4) is 0 Å². The third kappa shape index (κ3) is 4.55. The number of nitrogens with zero attached hydrogens (tertiary/aromatic N) is 1. The number of carbonyl (C=O) groups excluding carboxylic acids is 2. The highest BCUT2D eigenvalue weighted by molar-refractivity contribution is 5.82. The van der Waals surface area contributed by atoms with Gasteiger partial charge in [0, 0.05) is 0 Å². The van der Waals surface area contributed by atoms with Crippen molar-refractivity contribution in [2.75, 3.05) is 0 Å². The minimum atomic E-state index is -1.05. The number of rotatable bonds is 2. The second kappa shape index (κ2) is 6.38. The quantitative estimate of drug-likeness (QED) is 0.787. The van der Waals surface area contributed by atoms with Crippen molar-refractivity contribution in [2.45, 2.75) is 83.7 Å². The molecule has 2 fully saturated rings. The molecule has 142 valence electrons. The Kier molecular flexibility index (Phi) is 4.94. The number of carboxylic acids is 1. The average molecular weight is 356 g/mol. The molecule has 25 heavy (non-hydrogen) atoms. The van der Waals surface area contributed by atoms with Crippen LogP contribution in [0.15, 0.2) is 0 Å². The third-order valence-corrected chi connectivity index (χ3v) is 4.23. The molecular formula is C17H28N2O6. The van der Waals surface area contributed by atoms with Crippen molar-refractivity contribution in [1.82, 2.24) is 10.2 Å². The van der Waals surface area contributed by atoms with Crippen LogP contribution in [0.3, 0.4) is 0 Å². The molecule has 2 aliphatic rings. The number of likely N-dealkylation sites (tertiary alicyclic amines) is 1. The predicted molar refractivity (Wildman–Crippen MR) is 89.2 cm³/mol. The van der Waals surface area contributed by atoms with Crippen LogP contribution in [-0.2, 0) is 14.3 Å². The Morgan fingerprint density at radius 2 is 1.56 bits per heavy atom. The number of hydrogen-bond donors (Lipinski definition) is 2. The standard InChI is InChI=1S/C17H28N2O6/c1-16(2,3)24-14(22)18-10-7-9-8-11(10)19(12(9)13(20)21)15(23)25-17(4,5)6/h9-12H,7-8H2,1-6H3,(H,18,22)(H,20,21)/t9-,10-,11?,12?/m1/s1. The second-order valence-electron chi connectivity index (χ2n) is 8.72. The van der Waals surface area contributed by atoms with Gasteiger partial charge in [0.1, 0.15) is 17.2 Å². The van der Waals surface area contributed by atoms with Crippen molar-refractivity contribution >= 4 is 18.2 Å². The first-order valence-corrected chi connectivity index (χ1v) is 8.52. The number of ether oxygens (including phenoxy) is 2. The zero-order valence-electron chi connectivity index (χ0n) is 15.7. The summed E-state index contributed by atoms with van der Waals surface area (Å²) in [5.74, 6) is -1.26. The van der Waals surface area contributed by atoms with Gasteiger partial charge in [-0.3, -0.25) is 4.90 Å². The summed E-state index contributed by atoms with van der Waals surface area (Å²) in [5.41, 5.74) is -1.35. The summed E-state index contributed by atoms with van der Waals surface area (Å²) in [5, 5.41) is 12.3. The molecule has 0 aromatic carbocycles. The molecule has 1 aliphatic carbocycles. The molecule has 4 atom stereocenters. The molecule has 0 spiro atoms. The Morgan fingerprint density at radius 3 is 2.04 bits per heavy atom. The molecule has 0 aromatic heterocycles. The summed E-state index contributed by atoms with van der Waals surface area (Å²) in [7, 11) is 0. The van der Waals surface area contributed by atoms with E-state index in [0.29, 0.717) is 12.8 Å². The van der Waals surface area contributed by atoms with Crippen molar-refractivity contribution in [3.63, 3.8) is 0 Å². The van der Waals surface area contributed by atoms with Crippen molar-refractivity contribution < 1.29 is 29.0 Å². The number of piperidine rings is 1. The lowest BCUT2D eigenvalue weighted by atomic mass is 9.97. The number of aliphatic carboxylic acids is 1. The van der Waals surface area contributed by atoms with E-state index in [0.717, 1.165) is 0 Å². The number of carbonyl (C=O) groups is 3. The molecule has 2 amide bonds. The maximum Gasteiger partial charge on any atom is 0.411 e. The molecule has 1 aliphatic heterocycles. The first-order valence-electron chi connectivity index (χ1n) is 8.52. The van der Waals surface area contributed by atoms with E-state index in [4.69, 9.17) is 9.47 Å². The van der Waals surface area contributed by atoms with Gasteiger partial charge in [0.25, 0.3) is 0 Å². The van der Waals surface area contributed by atoms with Gasteiger partial charge in [-0.1, -0.05) is 0 Å². The molecule has 2 bridgehead atoms. The smallest absolute Gasteiger partial charge is 0.411 e. The molecule has 1 saturated carbocycles. The predicted octanol–water partition coefficient (Wildman–Crippen LogP) is 2.36. The SMILES string of the molecule is CC(C)(C)OC(=O)N[C@@H]1C[C@@H]2CC1N(C(=O)OC(C)(C)C)C2C(=O)O. The number of hydrogen-bond acceptors (Lipinski definition) is 5. The van der Waals surface area contributed by atoms with Crippen LogP contribution in [0.25, 0.3) is 0 Å². The maximum absolute atomic E-state index is 12.5. The summed E-state index contributed by atoms with van der Waals surface area (Å²) in [6, 6.07) is -1.67. The van der Waals surface area contributed by atoms with Gasteiger partial charge in [-0.05, 0) is 60.3 Å². The lowest BCUT2D eigenvalue weighted by molar-refractivity contribution is -0.145. The van der Waals surface area contributed by atoms with E-state index in [1.807, 2.05) is 0 Å². The van der Waals surface area contributed by atoms with Gasteiger partial charge < -0.3 is 19.9 Å². The first-order chi connectivity index (χ1) is 11.3. The fourth-order valence-corrected chi connectivity index (χ4v) is 3.55. The molecule has 0 radical (unpaired) electrons. The summed E-state index contributed by atoms with van der Waals surface area (Å²) >= 11 is 0. The molecule has 8 heteroatoms. The van der Waals surface area contributed by atoms with Crippen molar-refractivity contribution in [3.05, 3.63) is 0 Å². The number of nitrogens with one attached hydrogen (secondary N) is 1. The highest BCUT2D eigenvalue weighted by atomic mass is 16.6. The van der Waals surface area contributed by atoms with Crippen LogP contribution in [-0.4, -0.2) is 57.5 Å². The van der Waals surface area contributed by atoms with E-state index in [1.54, 1.807) is 41.5 Å². The maximum atomic E-state index is 12.5. The molecule has 2 N–H and O–H groups in total. The number of amides is 2. The van der Waals surface area contributed by atoms with Crippen LogP contribution in [0.1, 0.15) is 54.4 Å². The number of alkyl carbamates (subject to hydrolysis) is 1. The minimum Gasteiger partial charge on any atom is -0.480 e. The van der Waals surface area contributed by atoms with Crippen molar-refractivity contribution in [1.29, 1.82) is 0 Å². The zero-order valence-corrected chi connectivity index (χ0v) is 15.7. The lowest BCUT2D eigenvalue weighted by Gasteiger charge is -2.38. The lowest BCUT2D eigenvalue weighted by Crippen LogP contribution is -2.58. The average Bonchev–Trinajstić information content (AvgIpc) is 2.90. The Morgan fingerprint density at radius 1 is 1.00 bits per heavy atom. The van der Waals surface area contributed by atoms with Gasteiger partial charge >= 0.3 is 18.2 Å². The monoisotopic (exact) mass is 356 g/mol. The highest BCUT2D eigenvalue weighted by Crippen LogP contribution is 2.43. The molecule has 1 heterocycles. The van der Waals surface area contributed by atoms with Gasteiger partial charge in [-0.15, -0.1) is 0 Å². The van der Waals surface area contributed by atoms with Gasteiger partial charge in [-0.25, -0.2) is 14.4 Å². The van der Waals surface area contributed by atoms with Crippen LogP contribution in [0.2, 0.25) is 0 Å². The molecular weight excluding hydrogens is 328 g/mol. The fraction of sp³-hybridized carbons (Fsp3) is 0.824. The summed E-state index contributed by atoms with van der Waals surface area (Å²) in [6.45, 7) is 10.5. The van der Waals surface area contributed by atoms with E-state index >= 15 is 0 Å². The largest absolute Gasteiger partial charge is 0.480 e. The summed E-state index contributed by atoms with van der Waals surface area (Å²) in [6.07, 6.45) is -0.208. The molecule has 0 aromatic rings. The molecule has 2 rings (SSSR count). The Balaban J connectivity index is 2.13. The summed E-state index contributed by atoms with van der Waals surface area (Å²) in [4.78, 5) is 37.4. The van der Waals surface area contributed by atoms with E-state index in [2.05, 4.69) is 5.32 Å². The first kappa shape index (κ1) is 19.3. The fourth-order valence-electron chi connectivity index (χ4n) is 3.55. The van der Waals surface area contributed by atoms with Crippen LogP contribution in [0.4, 0.5) is 9.59 Å². The van der Waals surface area contributed by atoms with E-state index in [-0.39, 0.29) is 12.0 Å². The number of fused-ring (bicyclic) bond motifs is 2. The minimum absolute atomic E-state index is 0.213. The van der Waals surface area contributed by atoms with E-state index in [9.17, 15) is 19.5 Å².